The van der Waals surface area contributed by atoms with Crippen LogP contribution in [0.2, 0.25) is 0 Å². The van der Waals surface area contributed by atoms with Crippen LogP contribution in [0.5, 0.6) is 23.0 Å². The number of esters is 1. The van der Waals surface area contributed by atoms with Crippen LogP contribution in [-0.2, 0) is 4.74 Å². The minimum atomic E-state index is -0.418. The summed E-state index contributed by atoms with van der Waals surface area (Å²) in [4.78, 5) is 11.5. The van der Waals surface area contributed by atoms with E-state index in [4.69, 9.17) is 9.47 Å². The van der Waals surface area contributed by atoms with E-state index < -0.39 is 5.97 Å². The van der Waals surface area contributed by atoms with Gasteiger partial charge in [-0.15, -0.1) is 0 Å². The number of methoxy groups -OCH3 is 2. The highest BCUT2D eigenvalue weighted by Gasteiger charge is 2.15. The molecule has 1 aromatic heterocycles. The Balaban J connectivity index is 1.86. The molecule has 0 unspecified atom stereocenters. The third-order valence-electron chi connectivity index (χ3n) is 3.58. The number of nitrogens with one attached hydrogen (secondary N) is 1. The molecule has 7 nitrogen and oxygen atoms in total. The quantitative estimate of drug-likeness (QED) is 0.692. The van der Waals surface area contributed by atoms with Crippen LogP contribution < -0.4 is 9.47 Å². The van der Waals surface area contributed by atoms with Gasteiger partial charge in [-0.2, -0.15) is 5.10 Å². The zero-order valence-electron chi connectivity index (χ0n) is 13.6. The SMILES string of the molecule is COC(=O)c1ccc(Oc2cn[nH]c2-c2ccc(OC)cc2O)cc1. The summed E-state index contributed by atoms with van der Waals surface area (Å²) < 4.78 is 15.5. The standard InChI is InChI=1S/C18H16N2O5/c1-23-13-7-8-14(15(21)9-13)17-16(10-19-20-17)25-12-5-3-11(4-6-12)18(22)24-2/h3-10,21H,1-2H3,(H,19,20). The van der Waals surface area contributed by atoms with Crippen molar-refractivity contribution in [2.45, 2.75) is 0 Å². The monoisotopic (exact) mass is 340 g/mol. The molecule has 0 aliphatic heterocycles. The highest BCUT2D eigenvalue weighted by Crippen LogP contribution is 2.37. The number of phenols is 1. The number of nitrogens with zero attached hydrogens (tertiary/aromatic N) is 1. The van der Waals surface area contributed by atoms with E-state index in [0.717, 1.165) is 0 Å². The lowest BCUT2D eigenvalue weighted by molar-refractivity contribution is 0.0600. The van der Waals surface area contributed by atoms with Gasteiger partial charge in [0.15, 0.2) is 5.75 Å². The summed E-state index contributed by atoms with van der Waals surface area (Å²) in [6.07, 6.45) is 1.51. The number of aromatic nitrogens is 2. The van der Waals surface area contributed by atoms with E-state index in [9.17, 15) is 9.90 Å². The molecule has 1 heterocycles. The zero-order valence-corrected chi connectivity index (χ0v) is 13.6. The van der Waals surface area contributed by atoms with Gasteiger partial charge >= 0.3 is 5.97 Å². The molecule has 0 fully saturated rings. The Kier molecular flexibility index (Phi) is 4.56. The molecule has 7 heteroatoms. The van der Waals surface area contributed by atoms with Gasteiger partial charge in [0.05, 0.1) is 26.0 Å². The molecule has 0 spiro atoms. The Morgan fingerprint density at radius 3 is 2.44 bits per heavy atom. The molecule has 0 radical (unpaired) electrons. The van der Waals surface area contributed by atoms with Crippen LogP contribution in [0.3, 0.4) is 0 Å². The number of benzene rings is 2. The summed E-state index contributed by atoms with van der Waals surface area (Å²) in [6, 6.07) is 11.4. The van der Waals surface area contributed by atoms with E-state index in [-0.39, 0.29) is 5.75 Å². The minimum absolute atomic E-state index is 0.0366. The number of rotatable bonds is 5. The first-order valence-corrected chi connectivity index (χ1v) is 7.39. The van der Waals surface area contributed by atoms with E-state index in [1.807, 2.05) is 0 Å². The highest BCUT2D eigenvalue weighted by molar-refractivity contribution is 5.89. The summed E-state index contributed by atoms with van der Waals surface area (Å²) in [6.45, 7) is 0. The van der Waals surface area contributed by atoms with Crippen LogP contribution in [0.25, 0.3) is 11.3 Å². The first-order valence-electron chi connectivity index (χ1n) is 7.39. The topological polar surface area (TPSA) is 93.7 Å². The predicted molar refractivity (Wildman–Crippen MR) is 90.1 cm³/mol. The molecule has 0 saturated heterocycles. The van der Waals surface area contributed by atoms with E-state index in [1.165, 1.54) is 26.5 Å². The Morgan fingerprint density at radius 1 is 1.08 bits per heavy atom. The fourth-order valence-corrected chi connectivity index (χ4v) is 2.30. The van der Waals surface area contributed by atoms with Gasteiger partial charge in [0.1, 0.15) is 22.9 Å². The normalized spacial score (nSPS) is 10.3. The van der Waals surface area contributed by atoms with Crippen molar-refractivity contribution < 1.29 is 24.1 Å². The molecule has 0 amide bonds. The van der Waals surface area contributed by atoms with Crippen LogP contribution in [0.1, 0.15) is 10.4 Å². The molecular formula is C18H16N2O5. The van der Waals surface area contributed by atoms with Crippen LogP contribution in [0, 0.1) is 0 Å². The van der Waals surface area contributed by atoms with Gasteiger partial charge in [0.25, 0.3) is 0 Å². The molecule has 3 rings (SSSR count). The lowest BCUT2D eigenvalue weighted by atomic mass is 10.1. The first kappa shape index (κ1) is 16.4. The van der Waals surface area contributed by atoms with Crippen LogP contribution in [0.4, 0.5) is 0 Å². The first-order chi connectivity index (χ1) is 12.1. The molecule has 128 valence electrons. The van der Waals surface area contributed by atoms with Gasteiger partial charge < -0.3 is 19.3 Å². The smallest absolute Gasteiger partial charge is 0.337 e. The maximum atomic E-state index is 11.5. The summed E-state index contributed by atoms with van der Waals surface area (Å²) in [5.74, 6) is 1.12. The fraction of sp³-hybridized carbons (Fsp3) is 0.111. The molecule has 0 saturated carbocycles. The van der Waals surface area contributed by atoms with E-state index in [2.05, 4.69) is 14.9 Å². The van der Waals surface area contributed by atoms with Crippen molar-refractivity contribution in [1.82, 2.24) is 10.2 Å². The van der Waals surface area contributed by atoms with Crippen molar-refractivity contribution in [3.63, 3.8) is 0 Å². The third kappa shape index (κ3) is 3.40. The van der Waals surface area contributed by atoms with Gasteiger partial charge in [-0.3, -0.25) is 5.10 Å². The van der Waals surface area contributed by atoms with E-state index in [0.29, 0.717) is 34.1 Å². The van der Waals surface area contributed by atoms with Gasteiger partial charge in [-0.05, 0) is 36.4 Å². The van der Waals surface area contributed by atoms with Crippen molar-refractivity contribution in [2.24, 2.45) is 0 Å². The number of carbonyl (C=O) groups excluding carboxylic acids is 1. The number of aromatic hydroxyl groups is 1. The maximum Gasteiger partial charge on any atom is 0.337 e. The summed E-state index contributed by atoms with van der Waals surface area (Å²) in [5, 5.41) is 17.0. The lowest BCUT2D eigenvalue weighted by Gasteiger charge is -2.09. The average molecular weight is 340 g/mol. The van der Waals surface area contributed by atoms with Gasteiger partial charge in [0, 0.05) is 11.6 Å². The molecule has 0 bridgehead atoms. The van der Waals surface area contributed by atoms with Crippen LogP contribution in [0.15, 0.2) is 48.7 Å². The van der Waals surface area contributed by atoms with Crippen molar-refractivity contribution in [2.75, 3.05) is 14.2 Å². The second-order valence-corrected chi connectivity index (χ2v) is 5.11. The molecule has 0 atom stereocenters. The van der Waals surface area contributed by atoms with Gasteiger partial charge in [0.2, 0.25) is 0 Å². The van der Waals surface area contributed by atoms with Crippen molar-refractivity contribution >= 4 is 5.97 Å². The zero-order chi connectivity index (χ0) is 17.8. The lowest BCUT2D eigenvalue weighted by Crippen LogP contribution is -2.00. The maximum absolute atomic E-state index is 11.5. The summed E-state index contributed by atoms with van der Waals surface area (Å²) in [5.41, 5.74) is 1.48. The number of H-pyrrole nitrogens is 1. The third-order valence-corrected chi connectivity index (χ3v) is 3.58. The second-order valence-electron chi connectivity index (χ2n) is 5.11. The Bertz CT molecular complexity index is 887. The number of carbonyl (C=O) groups is 1. The Morgan fingerprint density at radius 2 is 1.80 bits per heavy atom. The largest absolute Gasteiger partial charge is 0.507 e. The molecule has 2 N–H and O–H groups in total. The molecule has 0 aliphatic rings. The molecule has 3 aromatic rings. The van der Waals surface area contributed by atoms with Crippen LogP contribution in [-0.4, -0.2) is 35.5 Å². The second kappa shape index (κ2) is 6.96. The summed E-state index contributed by atoms with van der Waals surface area (Å²) in [7, 11) is 2.85. The number of aromatic amines is 1. The van der Waals surface area contributed by atoms with Crippen molar-refractivity contribution in [3.05, 3.63) is 54.2 Å². The predicted octanol–water partition coefficient (Wildman–Crippen LogP) is 3.37. The number of ether oxygens (including phenoxy) is 3. The number of phenolic OH excluding ortho intramolecular Hbond substituents is 1. The average Bonchev–Trinajstić information content (AvgIpc) is 3.09. The minimum Gasteiger partial charge on any atom is -0.507 e. The number of hydrogen-bond acceptors (Lipinski definition) is 6. The molecule has 25 heavy (non-hydrogen) atoms. The molecular weight excluding hydrogens is 324 g/mol. The fourth-order valence-electron chi connectivity index (χ4n) is 2.30. The van der Waals surface area contributed by atoms with Crippen molar-refractivity contribution in [3.8, 4) is 34.3 Å². The number of hydrogen-bond donors (Lipinski definition) is 2. The van der Waals surface area contributed by atoms with E-state index >= 15 is 0 Å². The Labute approximate surface area is 143 Å². The molecule has 0 aliphatic carbocycles. The Hall–Kier alpha value is -3.48. The van der Waals surface area contributed by atoms with Gasteiger partial charge in [-0.1, -0.05) is 0 Å². The van der Waals surface area contributed by atoms with Crippen molar-refractivity contribution in [1.29, 1.82) is 0 Å². The van der Waals surface area contributed by atoms with Crippen LogP contribution >= 0.6 is 0 Å². The van der Waals surface area contributed by atoms with Gasteiger partial charge in [-0.25, -0.2) is 4.79 Å². The molecule has 2 aromatic carbocycles. The highest BCUT2D eigenvalue weighted by atomic mass is 16.5. The summed E-state index contributed by atoms with van der Waals surface area (Å²) >= 11 is 0. The van der Waals surface area contributed by atoms with E-state index in [1.54, 1.807) is 36.4 Å².